The van der Waals surface area contributed by atoms with Crippen molar-refractivity contribution in [3.63, 3.8) is 0 Å². The van der Waals surface area contributed by atoms with E-state index < -0.39 is 0 Å². The lowest BCUT2D eigenvalue weighted by Crippen LogP contribution is -2.31. The standard InChI is InChI=1S/C14H23NO2/c1-4-10(2)13(16)9-15-8-12-7-5-6-11(3)14(12)17/h5-7,10,13,15-17H,4,8-9H2,1-3H3. The van der Waals surface area contributed by atoms with Gasteiger partial charge in [0.2, 0.25) is 0 Å². The van der Waals surface area contributed by atoms with Gasteiger partial charge in [0.15, 0.2) is 0 Å². The first kappa shape index (κ1) is 14.0. The Labute approximate surface area is 103 Å². The second-order valence-corrected chi connectivity index (χ2v) is 4.67. The Morgan fingerprint density at radius 3 is 2.71 bits per heavy atom. The second kappa shape index (κ2) is 6.62. The van der Waals surface area contributed by atoms with Crippen molar-refractivity contribution in [1.29, 1.82) is 0 Å². The Morgan fingerprint density at radius 2 is 2.06 bits per heavy atom. The molecule has 17 heavy (non-hydrogen) atoms. The molecule has 1 aromatic rings. The topological polar surface area (TPSA) is 52.5 Å². The molecule has 0 aliphatic rings. The van der Waals surface area contributed by atoms with E-state index in [1.165, 1.54) is 0 Å². The van der Waals surface area contributed by atoms with Crippen LogP contribution in [-0.4, -0.2) is 22.9 Å². The van der Waals surface area contributed by atoms with Gasteiger partial charge in [-0.25, -0.2) is 0 Å². The summed E-state index contributed by atoms with van der Waals surface area (Å²) in [6.07, 6.45) is 0.644. The molecule has 0 saturated carbocycles. The largest absolute Gasteiger partial charge is 0.507 e. The molecule has 0 heterocycles. The van der Waals surface area contributed by atoms with Gasteiger partial charge in [0.25, 0.3) is 0 Å². The van der Waals surface area contributed by atoms with Crippen LogP contribution < -0.4 is 5.32 Å². The molecule has 0 fully saturated rings. The fourth-order valence-corrected chi connectivity index (χ4v) is 1.69. The molecule has 2 atom stereocenters. The molecule has 3 heteroatoms. The van der Waals surface area contributed by atoms with Crippen LogP contribution in [0.15, 0.2) is 18.2 Å². The van der Waals surface area contributed by atoms with Gasteiger partial charge in [-0.05, 0) is 18.4 Å². The molecule has 0 amide bonds. The predicted octanol–water partition coefficient (Wildman–Crippen LogP) is 2.20. The molecule has 0 bridgehead atoms. The van der Waals surface area contributed by atoms with Gasteiger partial charge in [-0.3, -0.25) is 0 Å². The Bertz CT molecular complexity index is 352. The van der Waals surface area contributed by atoms with E-state index in [2.05, 4.69) is 12.2 Å². The fraction of sp³-hybridized carbons (Fsp3) is 0.571. The van der Waals surface area contributed by atoms with E-state index >= 15 is 0 Å². The first-order valence-electron chi connectivity index (χ1n) is 6.22. The first-order valence-corrected chi connectivity index (χ1v) is 6.22. The normalized spacial score (nSPS) is 14.6. The number of phenolic OH excluding ortho intramolecular Hbond substituents is 1. The third-order valence-electron chi connectivity index (χ3n) is 3.29. The summed E-state index contributed by atoms with van der Waals surface area (Å²) in [5.74, 6) is 0.645. The average molecular weight is 237 g/mol. The molecule has 96 valence electrons. The van der Waals surface area contributed by atoms with Crippen LogP contribution in [0.1, 0.15) is 31.4 Å². The Kier molecular flexibility index (Phi) is 5.45. The van der Waals surface area contributed by atoms with Gasteiger partial charge in [-0.1, -0.05) is 38.5 Å². The summed E-state index contributed by atoms with van der Waals surface area (Å²) in [5.41, 5.74) is 1.76. The monoisotopic (exact) mass is 237 g/mol. The summed E-state index contributed by atoms with van der Waals surface area (Å²) in [7, 11) is 0. The summed E-state index contributed by atoms with van der Waals surface area (Å²) in [6, 6.07) is 5.70. The molecule has 2 unspecified atom stereocenters. The zero-order valence-corrected chi connectivity index (χ0v) is 10.9. The minimum atomic E-state index is -0.327. The fourth-order valence-electron chi connectivity index (χ4n) is 1.69. The number of hydrogen-bond donors (Lipinski definition) is 3. The highest BCUT2D eigenvalue weighted by molar-refractivity contribution is 5.39. The minimum absolute atomic E-state index is 0.300. The van der Waals surface area contributed by atoms with E-state index in [0.717, 1.165) is 17.5 Å². The lowest BCUT2D eigenvalue weighted by molar-refractivity contribution is 0.112. The number of aliphatic hydroxyl groups excluding tert-OH is 1. The van der Waals surface area contributed by atoms with Crippen molar-refractivity contribution in [3.8, 4) is 5.75 Å². The Morgan fingerprint density at radius 1 is 1.35 bits per heavy atom. The SMILES string of the molecule is CCC(C)C(O)CNCc1cccc(C)c1O. The first-order chi connectivity index (χ1) is 8.06. The zero-order valence-electron chi connectivity index (χ0n) is 10.9. The molecule has 0 aromatic heterocycles. The van der Waals surface area contributed by atoms with Crippen molar-refractivity contribution in [2.75, 3.05) is 6.54 Å². The summed E-state index contributed by atoms with van der Waals surface area (Å²) in [4.78, 5) is 0. The van der Waals surface area contributed by atoms with Crippen molar-refractivity contribution in [3.05, 3.63) is 29.3 Å². The lowest BCUT2D eigenvalue weighted by atomic mass is 10.0. The maximum absolute atomic E-state index is 9.82. The van der Waals surface area contributed by atoms with E-state index in [1.54, 1.807) is 0 Å². The molecule has 0 radical (unpaired) electrons. The summed E-state index contributed by atoms with van der Waals surface area (Å²) in [5, 5.41) is 22.8. The Hall–Kier alpha value is -1.06. The molecule has 3 N–H and O–H groups in total. The van der Waals surface area contributed by atoms with Crippen molar-refractivity contribution in [2.45, 2.75) is 39.8 Å². The number of rotatable bonds is 6. The zero-order chi connectivity index (χ0) is 12.8. The lowest BCUT2D eigenvalue weighted by Gasteiger charge is -2.18. The van der Waals surface area contributed by atoms with E-state index in [0.29, 0.717) is 24.8 Å². The van der Waals surface area contributed by atoms with E-state index in [-0.39, 0.29) is 6.10 Å². The van der Waals surface area contributed by atoms with Gasteiger partial charge in [-0.15, -0.1) is 0 Å². The predicted molar refractivity (Wildman–Crippen MR) is 70.0 cm³/mol. The highest BCUT2D eigenvalue weighted by atomic mass is 16.3. The minimum Gasteiger partial charge on any atom is -0.507 e. The molecule has 1 rings (SSSR count). The Balaban J connectivity index is 2.43. The van der Waals surface area contributed by atoms with Crippen LogP contribution in [0, 0.1) is 12.8 Å². The van der Waals surface area contributed by atoms with Gasteiger partial charge < -0.3 is 15.5 Å². The quantitative estimate of drug-likeness (QED) is 0.711. The van der Waals surface area contributed by atoms with E-state index in [9.17, 15) is 10.2 Å². The molecular formula is C14H23NO2. The molecule has 0 saturated heterocycles. The molecule has 0 spiro atoms. The van der Waals surface area contributed by atoms with Crippen molar-refractivity contribution in [1.82, 2.24) is 5.32 Å². The van der Waals surface area contributed by atoms with Crippen molar-refractivity contribution >= 4 is 0 Å². The van der Waals surface area contributed by atoms with Crippen LogP contribution in [0.25, 0.3) is 0 Å². The van der Waals surface area contributed by atoms with Crippen LogP contribution in [0.2, 0.25) is 0 Å². The molecule has 0 aliphatic heterocycles. The molecule has 1 aromatic carbocycles. The number of para-hydroxylation sites is 1. The van der Waals surface area contributed by atoms with Crippen LogP contribution in [0.5, 0.6) is 5.75 Å². The third-order valence-corrected chi connectivity index (χ3v) is 3.29. The summed E-state index contributed by atoms with van der Waals surface area (Å²) >= 11 is 0. The third kappa shape index (κ3) is 4.02. The number of aromatic hydroxyl groups is 1. The molecule has 0 aliphatic carbocycles. The van der Waals surface area contributed by atoms with Crippen molar-refractivity contribution in [2.24, 2.45) is 5.92 Å². The number of aliphatic hydroxyl groups is 1. The molecular weight excluding hydrogens is 214 g/mol. The van der Waals surface area contributed by atoms with E-state index in [1.807, 2.05) is 32.0 Å². The number of hydrogen-bond acceptors (Lipinski definition) is 3. The number of benzene rings is 1. The average Bonchev–Trinajstić information content (AvgIpc) is 2.33. The van der Waals surface area contributed by atoms with Crippen molar-refractivity contribution < 1.29 is 10.2 Å². The maximum atomic E-state index is 9.82. The van der Waals surface area contributed by atoms with Crippen LogP contribution in [-0.2, 0) is 6.54 Å². The number of aryl methyl sites for hydroxylation is 1. The summed E-state index contributed by atoms with van der Waals surface area (Å²) in [6.45, 7) is 7.13. The van der Waals surface area contributed by atoms with Gasteiger partial charge >= 0.3 is 0 Å². The summed E-state index contributed by atoms with van der Waals surface area (Å²) < 4.78 is 0. The van der Waals surface area contributed by atoms with E-state index in [4.69, 9.17) is 0 Å². The van der Waals surface area contributed by atoms with Crippen LogP contribution in [0.4, 0.5) is 0 Å². The highest BCUT2D eigenvalue weighted by Gasteiger charge is 2.11. The highest BCUT2D eigenvalue weighted by Crippen LogP contribution is 2.20. The smallest absolute Gasteiger partial charge is 0.122 e. The van der Waals surface area contributed by atoms with Crippen LogP contribution >= 0.6 is 0 Å². The maximum Gasteiger partial charge on any atom is 0.122 e. The van der Waals surface area contributed by atoms with Gasteiger partial charge in [0, 0.05) is 18.7 Å². The molecule has 3 nitrogen and oxygen atoms in total. The van der Waals surface area contributed by atoms with Gasteiger partial charge in [0.1, 0.15) is 5.75 Å². The van der Waals surface area contributed by atoms with Gasteiger partial charge in [0.05, 0.1) is 6.10 Å². The number of nitrogens with one attached hydrogen (secondary N) is 1. The number of phenols is 1. The van der Waals surface area contributed by atoms with Gasteiger partial charge in [-0.2, -0.15) is 0 Å². The van der Waals surface area contributed by atoms with Crippen LogP contribution in [0.3, 0.4) is 0 Å². The second-order valence-electron chi connectivity index (χ2n) is 4.67.